The van der Waals surface area contributed by atoms with E-state index in [9.17, 15) is 4.79 Å². The number of hydrogen-bond donors (Lipinski definition) is 1. The Hall–Kier alpha value is -1.62. The molecule has 0 atom stereocenters. The predicted molar refractivity (Wildman–Crippen MR) is 81.1 cm³/mol. The monoisotopic (exact) mass is 279 g/mol. The lowest BCUT2D eigenvalue weighted by molar-refractivity contribution is 0.0822. The SMILES string of the molecule is CCCCOCCCNc1ccnc(C(=O)N(C)C)c1. The van der Waals surface area contributed by atoms with Crippen molar-refractivity contribution in [3.63, 3.8) is 0 Å². The molecule has 1 amide bonds. The molecule has 0 aliphatic heterocycles. The molecule has 0 aliphatic rings. The summed E-state index contributed by atoms with van der Waals surface area (Å²) in [5.41, 5.74) is 1.37. The number of pyridine rings is 1. The third-order valence-corrected chi connectivity index (χ3v) is 2.82. The minimum atomic E-state index is -0.0865. The fraction of sp³-hybridized carbons (Fsp3) is 0.600. The van der Waals surface area contributed by atoms with E-state index in [-0.39, 0.29) is 5.91 Å². The number of rotatable bonds is 9. The summed E-state index contributed by atoms with van der Waals surface area (Å²) in [5.74, 6) is -0.0865. The molecule has 0 saturated heterocycles. The van der Waals surface area contributed by atoms with Crippen LogP contribution in [0, 0.1) is 0 Å². The molecule has 0 radical (unpaired) electrons. The maximum atomic E-state index is 11.8. The molecule has 0 spiro atoms. The molecular weight excluding hydrogens is 254 g/mol. The molecule has 1 N–H and O–H groups in total. The summed E-state index contributed by atoms with van der Waals surface area (Å²) in [6.07, 6.45) is 4.88. The van der Waals surface area contributed by atoms with Gasteiger partial charge in [0.2, 0.25) is 0 Å². The van der Waals surface area contributed by atoms with Gasteiger partial charge in [-0.25, -0.2) is 0 Å². The smallest absolute Gasteiger partial charge is 0.272 e. The summed E-state index contributed by atoms with van der Waals surface area (Å²) in [6.45, 7) is 4.58. The third-order valence-electron chi connectivity index (χ3n) is 2.82. The first-order valence-electron chi connectivity index (χ1n) is 7.14. The number of nitrogens with zero attached hydrogens (tertiary/aromatic N) is 2. The maximum absolute atomic E-state index is 11.8. The molecule has 0 unspecified atom stereocenters. The van der Waals surface area contributed by atoms with Gasteiger partial charge >= 0.3 is 0 Å². The van der Waals surface area contributed by atoms with E-state index >= 15 is 0 Å². The molecule has 5 heteroatoms. The molecule has 1 aromatic heterocycles. The Balaban J connectivity index is 2.30. The number of nitrogens with one attached hydrogen (secondary N) is 1. The van der Waals surface area contributed by atoms with Crippen molar-refractivity contribution in [2.75, 3.05) is 39.2 Å². The topological polar surface area (TPSA) is 54.5 Å². The lowest BCUT2D eigenvalue weighted by Gasteiger charge is -2.11. The van der Waals surface area contributed by atoms with E-state index in [0.717, 1.165) is 44.7 Å². The molecule has 0 aliphatic carbocycles. The lowest BCUT2D eigenvalue weighted by atomic mass is 10.3. The van der Waals surface area contributed by atoms with Gasteiger partial charge in [0.25, 0.3) is 5.91 Å². The Kier molecular flexibility index (Phi) is 7.65. The number of amides is 1. The highest BCUT2D eigenvalue weighted by Gasteiger charge is 2.09. The second kappa shape index (κ2) is 9.31. The van der Waals surface area contributed by atoms with E-state index in [0.29, 0.717) is 5.69 Å². The van der Waals surface area contributed by atoms with Crippen molar-refractivity contribution < 1.29 is 9.53 Å². The lowest BCUT2D eigenvalue weighted by Crippen LogP contribution is -2.22. The second-order valence-electron chi connectivity index (χ2n) is 4.88. The number of ether oxygens (including phenoxy) is 1. The summed E-state index contributed by atoms with van der Waals surface area (Å²) in [7, 11) is 3.44. The predicted octanol–water partition coefficient (Wildman–Crippen LogP) is 2.40. The van der Waals surface area contributed by atoms with Crippen LogP contribution in [0.15, 0.2) is 18.3 Å². The number of hydrogen-bond acceptors (Lipinski definition) is 4. The van der Waals surface area contributed by atoms with Crippen LogP contribution >= 0.6 is 0 Å². The van der Waals surface area contributed by atoms with Crippen molar-refractivity contribution in [3.05, 3.63) is 24.0 Å². The van der Waals surface area contributed by atoms with Gasteiger partial charge in [0.15, 0.2) is 0 Å². The van der Waals surface area contributed by atoms with Crippen LogP contribution in [0.4, 0.5) is 5.69 Å². The molecule has 5 nitrogen and oxygen atoms in total. The third kappa shape index (κ3) is 6.02. The second-order valence-corrected chi connectivity index (χ2v) is 4.88. The van der Waals surface area contributed by atoms with Gasteiger partial charge in [-0.1, -0.05) is 13.3 Å². The molecule has 0 aromatic carbocycles. The van der Waals surface area contributed by atoms with Gasteiger partial charge < -0.3 is 15.0 Å². The van der Waals surface area contributed by atoms with Gasteiger partial charge in [-0.3, -0.25) is 9.78 Å². The highest BCUT2D eigenvalue weighted by molar-refractivity contribution is 5.92. The van der Waals surface area contributed by atoms with Crippen molar-refractivity contribution in [1.29, 1.82) is 0 Å². The van der Waals surface area contributed by atoms with Crippen molar-refractivity contribution >= 4 is 11.6 Å². The van der Waals surface area contributed by atoms with Gasteiger partial charge in [0.05, 0.1) is 0 Å². The van der Waals surface area contributed by atoms with Crippen LogP contribution in [-0.4, -0.2) is 49.6 Å². The van der Waals surface area contributed by atoms with Crippen molar-refractivity contribution in [2.45, 2.75) is 26.2 Å². The Morgan fingerprint density at radius 2 is 2.10 bits per heavy atom. The van der Waals surface area contributed by atoms with Crippen LogP contribution in [0.5, 0.6) is 0 Å². The number of carbonyl (C=O) groups excluding carboxylic acids is 1. The quantitative estimate of drug-likeness (QED) is 0.705. The van der Waals surface area contributed by atoms with Crippen LogP contribution < -0.4 is 5.32 Å². The number of unbranched alkanes of at least 4 members (excludes halogenated alkanes) is 1. The van der Waals surface area contributed by atoms with Crippen LogP contribution in [0.1, 0.15) is 36.7 Å². The van der Waals surface area contributed by atoms with Crippen molar-refractivity contribution in [2.24, 2.45) is 0 Å². The average molecular weight is 279 g/mol. The number of aromatic nitrogens is 1. The van der Waals surface area contributed by atoms with Gasteiger partial charge in [-0.2, -0.15) is 0 Å². The normalized spacial score (nSPS) is 10.3. The van der Waals surface area contributed by atoms with Gasteiger partial charge in [0.1, 0.15) is 5.69 Å². The van der Waals surface area contributed by atoms with E-state index < -0.39 is 0 Å². The standard InChI is InChI=1S/C15H25N3O2/c1-4-5-10-20-11-6-8-16-13-7-9-17-14(12-13)15(19)18(2)3/h7,9,12H,4-6,8,10-11H2,1-3H3,(H,16,17). The fourth-order valence-electron chi connectivity index (χ4n) is 1.64. The van der Waals surface area contributed by atoms with E-state index in [1.165, 1.54) is 4.90 Å². The van der Waals surface area contributed by atoms with E-state index in [1.807, 2.05) is 6.07 Å². The first-order valence-corrected chi connectivity index (χ1v) is 7.14. The van der Waals surface area contributed by atoms with Crippen LogP contribution in [0.25, 0.3) is 0 Å². The molecule has 0 fully saturated rings. The molecule has 1 aromatic rings. The first-order chi connectivity index (χ1) is 9.65. The summed E-state index contributed by atoms with van der Waals surface area (Å²) in [5, 5.41) is 3.28. The van der Waals surface area contributed by atoms with Gasteiger partial charge in [-0.15, -0.1) is 0 Å². The molecule has 1 rings (SSSR count). The average Bonchev–Trinajstić information content (AvgIpc) is 2.45. The molecule has 0 saturated carbocycles. The highest BCUT2D eigenvalue weighted by atomic mass is 16.5. The van der Waals surface area contributed by atoms with Crippen LogP contribution in [0.3, 0.4) is 0 Å². The van der Waals surface area contributed by atoms with Crippen LogP contribution in [0.2, 0.25) is 0 Å². The van der Waals surface area contributed by atoms with Crippen LogP contribution in [-0.2, 0) is 4.74 Å². The van der Waals surface area contributed by atoms with Gasteiger partial charge in [-0.05, 0) is 25.0 Å². The van der Waals surface area contributed by atoms with Crippen molar-refractivity contribution in [3.8, 4) is 0 Å². The summed E-state index contributed by atoms with van der Waals surface area (Å²) in [6, 6.07) is 3.64. The zero-order valence-electron chi connectivity index (χ0n) is 12.7. The Morgan fingerprint density at radius 1 is 1.35 bits per heavy atom. The molecule has 112 valence electrons. The first kappa shape index (κ1) is 16.4. The number of carbonyl (C=O) groups is 1. The Labute approximate surface area is 121 Å². The van der Waals surface area contributed by atoms with Gasteiger partial charge in [0, 0.05) is 45.7 Å². The maximum Gasteiger partial charge on any atom is 0.272 e. The fourth-order valence-corrected chi connectivity index (χ4v) is 1.64. The summed E-state index contributed by atoms with van der Waals surface area (Å²) >= 11 is 0. The minimum absolute atomic E-state index is 0.0865. The van der Waals surface area contributed by atoms with E-state index in [1.54, 1.807) is 26.4 Å². The molecule has 1 heterocycles. The Bertz CT molecular complexity index is 408. The molecular formula is C15H25N3O2. The number of anilines is 1. The Morgan fingerprint density at radius 3 is 2.80 bits per heavy atom. The zero-order chi connectivity index (χ0) is 14.8. The highest BCUT2D eigenvalue weighted by Crippen LogP contribution is 2.09. The largest absolute Gasteiger partial charge is 0.385 e. The molecule has 20 heavy (non-hydrogen) atoms. The minimum Gasteiger partial charge on any atom is -0.385 e. The van der Waals surface area contributed by atoms with E-state index in [4.69, 9.17) is 4.74 Å². The van der Waals surface area contributed by atoms with Crippen molar-refractivity contribution in [1.82, 2.24) is 9.88 Å². The van der Waals surface area contributed by atoms with E-state index in [2.05, 4.69) is 17.2 Å². The summed E-state index contributed by atoms with van der Waals surface area (Å²) < 4.78 is 5.49. The zero-order valence-corrected chi connectivity index (χ0v) is 12.7. The molecule has 0 bridgehead atoms. The summed E-state index contributed by atoms with van der Waals surface area (Å²) in [4.78, 5) is 17.4.